The minimum Gasteiger partial charge on any atom is -0.324 e. The number of hydrogen-bond donors (Lipinski definition) is 3. The van der Waals surface area contributed by atoms with Crippen LogP contribution in [0.2, 0.25) is 5.02 Å². The van der Waals surface area contributed by atoms with Crippen LogP contribution < -0.4 is 16.5 Å². The number of anilines is 2. The molecule has 2 aromatic carbocycles. The van der Waals surface area contributed by atoms with E-state index in [1.54, 1.807) is 0 Å². The van der Waals surface area contributed by atoms with Crippen LogP contribution in [0.15, 0.2) is 47.4 Å². The average Bonchev–Trinajstić information content (AvgIpc) is 2.74. The van der Waals surface area contributed by atoms with E-state index in [0.29, 0.717) is 11.3 Å². The van der Waals surface area contributed by atoms with Crippen LogP contribution in [0.5, 0.6) is 0 Å². The van der Waals surface area contributed by atoms with Gasteiger partial charge in [0.2, 0.25) is 5.95 Å². The highest BCUT2D eigenvalue weighted by molar-refractivity contribution is 6.32. The van der Waals surface area contributed by atoms with Crippen LogP contribution in [-0.2, 0) is 13.0 Å². The Kier molecular flexibility index (Phi) is 4.99. The molecule has 32 heavy (non-hydrogen) atoms. The smallest absolute Gasteiger partial charge is 0.324 e. The largest absolute Gasteiger partial charge is 0.333 e. The summed E-state index contributed by atoms with van der Waals surface area (Å²) in [7, 11) is 2.09. The van der Waals surface area contributed by atoms with E-state index in [0.717, 1.165) is 35.8 Å². The Balaban J connectivity index is 1.52. The summed E-state index contributed by atoms with van der Waals surface area (Å²) in [6.07, 6.45) is 2.48. The van der Waals surface area contributed by atoms with E-state index in [1.165, 1.54) is 29.5 Å². The zero-order chi connectivity index (χ0) is 22.4. The Morgan fingerprint density at radius 1 is 1.22 bits per heavy atom. The Hall–Kier alpha value is -3.56. The molecule has 1 aliphatic rings. The van der Waals surface area contributed by atoms with Crippen molar-refractivity contribution in [2.45, 2.75) is 13.0 Å². The molecule has 0 saturated carbocycles. The van der Waals surface area contributed by atoms with Gasteiger partial charge in [-0.2, -0.15) is 4.98 Å². The lowest BCUT2D eigenvalue weighted by Gasteiger charge is -2.25. The first-order valence-corrected chi connectivity index (χ1v) is 10.4. The average molecular weight is 452 g/mol. The molecule has 0 fully saturated rings. The lowest BCUT2D eigenvalue weighted by molar-refractivity contribution is 0.313. The highest BCUT2D eigenvalue weighted by atomic mass is 35.5. The number of rotatable bonds is 3. The van der Waals surface area contributed by atoms with Gasteiger partial charge in [-0.25, -0.2) is 18.7 Å². The topological polar surface area (TPSA) is 103 Å². The Morgan fingerprint density at radius 2 is 2.06 bits per heavy atom. The van der Waals surface area contributed by atoms with Gasteiger partial charge in [-0.15, -0.1) is 0 Å². The fraction of sp³-hybridized carbons (Fsp3) is 0.182. The highest BCUT2D eigenvalue weighted by Gasteiger charge is 2.15. The first-order valence-electron chi connectivity index (χ1n) is 9.98. The SMILES string of the molecule is CN1CCc2ccc(Nc3ncc4c(=N)n(-c5ccc(F)cc5Cl)c(=O)[nH]c4n3)cc2C1. The maximum absolute atomic E-state index is 13.4. The fourth-order valence-electron chi connectivity index (χ4n) is 3.89. The summed E-state index contributed by atoms with van der Waals surface area (Å²) < 4.78 is 14.5. The quantitative estimate of drug-likeness (QED) is 0.444. The van der Waals surface area contributed by atoms with Gasteiger partial charge < -0.3 is 10.2 Å². The van der Waals surface area contributed by atoms with E-state index in [-0.39, 0.29) is 21.8 Å². The second-order valence-electron chi connectivity index (χ2n) is 7.76. The molecule has 3 heterocycles. The molecule has 0 saturated heterocycles. The van der Waals surface area contributed by atoms with Gasteiger partial charge in [0.1, 0.15) is 11.3 Å². The Bertz CT molecular complexity index is 1480. The molecule has 8 nitrogen and oxygen atoms in total. The number of likely N-dealkylation sites (N-methyl/N-ethyl adjacent to an activating group) is 1. The van der Waals surface area contributed by atoms with Crippen LogP contribution >= 0.6 is 11.6 Å². The first-order chi connectivity index (χ1) is 15.4. The zero-order valence-electron chi connectivity index (χ0n) is 17.1. The van der Waals surface area contributed by atoms with Crippen molar-refractivity contribution < 1.29 is 4.39 Å². The van der Waals surface area contributed by atoms with Crippen LogP contribution in [0.3, 0.4) is 0 Å². The van der Waals surface area contributed by atoms with Gasteiger partial charge in [0.15, 0.2) is 5.65 Å². The number of benzene rings is 2. The zero-order valence-corrected chi connectivity index (χ0v) is 17.9. The van der Waals surface area contributed by atoms with Crippen molar-refractivity contribution >= 4 is 34.3 Å². The molecule has 0 atom stereocenters. The van der Waals surface area contributed by atoms with E-state index in [4.69, 9.17) is 17.0 Å². The van der Waals surface area contributed by atoms with Crippen LogP contribution in [0.4, 0.5) is 16.0 Å². The summed E-state index contributed by atoms with van der Waals surface area (Å²) in [5.74, 6) is -0.231. The third-order valence-corrected chi connectivity index (χ3v) is 5.81. The van der Waals surface area contributed by atoms with E-state index < -0.39 is 11.5 Å². The molecule has 4 aromatic rings. The normalized spacial score (nSPS) is 13.8. The molecule has 2 aromatic heterocycles. The molecule has 0 aliphatic carbocycles. The highest BCUT2D eigenvalue weighted by Crippen LogP contribution is 2.24. The second kappa shape index (κ2) is 7.85. The summed E-state index contributed by atoms with van der Waals surface area (Å²) in [5, 5.41) is 12.0. The van der Waals surface area contributed by atoms with Gasteiger partial charge in [-0.05, 0) is 54.9 Å². The predicted octanol–water partition coefficient (Wildman–Crippen LogP) is 3.11. The summed E-state index contributed by atoms with van der Waals surface area (Å²) >= 11 is 6.09. The number of hydrogen-bond acceptors (Lipinski definition) is 6. The van der Waals surface area contributed by atoms with Crippen molar-refractivity contribution in [3.8, 4) is 5.69 Å². The molecular formula is C22H19ClFN7O. The molecule has 3 N–H and O–H groups in total. The first kappa shape index (κ1) is 20.3. The molecular weight excluding hydrogens is 433 g/mol. The minimum absolute atomic E-state index is 0.0191. The molecule has 0 unspecified atom stereocenters. The number of aromatic amines is 1. The third-order valence-electron chi connectivity index (χ3n) is 5.51. The number of nitrogens with zero attached hydrogens (tertiary/aromatic N) is 4. The number of fused-ring (bicyclic) bond motifs is 2. The van der Waals surface area contributed by atoms with Crippen LogP contribution in [0, 0.1) is 11.2 Å². The molecule has 0 amide bonds. The minimum atomic E-state index is -0.613. The number of halogens is 2. The van der Waals surface area contributed by atoms with Crippen molar-refractivity contribution in [2.24, 2.45) is 0 Å². The van der Waals surface area contributed by atoms with Crippen LogP contribution in [0.25, 0.3) is 16.7 Å². The molecule has 10 heteroatoms. The molecule has 0 radical (unpaired) electrons. The molecule has 1 aliphatic heterocycles. The Labute approximate surface area is 186 Å². The van der Waals surface area contributed by atoms with Gasteiger partial charge in [-0.1, -0.05) is 17.7 Å². The van der Waals surface area contributed by atoms with Crippen LogP contribution in [-0.4, -0.2) is 38.0 Å². The van der Waals surface area contributed by atoms with Gasteiger partial charge in [-0.3, -0.25) is 10.4 Å². The summed E-state index contributed by atoms with van der Waals surface area (Å²) in [4.78, 5) is 26.3. The van der Waals surface area contributed by atoms with Crippen LogP contribution in [0.1, 0.15) is 11.1 Å². The molecule has 5 rings (SSSR count). The summed E-state index contributed by atoms with van der Waals surface area (Å²) in [6, 6.07) is 9.77. The van der Waals surface area contributed by atoms with E-state index in [9.17, 15) is 9.18 Å². The van der Waals surface area contributed by atoms with Crippen molar-refractivity contribution in [1.29, 1.82) is 5.41 Å². The number of aromatic nitrogens is 4. The second-order valence-corrected chi connectivity index (χ2v) is 8.17. The lowest BCUT2D eigenvalue weighted by atomic mass is 9.99. The van der Waals surface area contributed by atoms with Gasteiger partial charge >= 0.3 is 5.69 Å². The van der Waals surface area contributed by atoms with E-state index in [2.05, 4.69) is 44.3 Å². The van der Waals surface area contributed by atoms with Gasteiger partial charge in [0.05, 0.1) is 16.1 Å². The molecule has 0 spiro atoms. The van der Waals surface area contributed by atoms with Crippen molar-refractivity contribution in [3.63, 3.8) is 0 Å². The molecule has 0 bridgehead atoms. The maximum Gasteiger partial charge on any atom is 0.333 e. The van der Waals surface area contributed by atoms with Gasteiger partial charge in [0, 0.05) is 25.0 Å². The Morgan fingerprint density at radius 3 is 2.88 bits per heavy atom. The summed E-state index contributed by atoms with van der Waals surface area (Å²) in [5.41, 5.74) is 3.07. The predicted molar refractivity (Wildman–Crippen MR) is 120 cm³/mol. The standard InChI is InChI=1S/C22H19ClFN7O/c1-30-7-6-12-2-4-15(8-13(12)11-30)27-21-26-10-16-19(25)31(22(32)29-20(16)28-21)18-5-3-14(24)9-17(18)23/h2-5,8-10,25H,6-7,11H2,1H3,(H2,26,27,28,29,32). The van der Waals surface area contributed by atoms with E-state index >= 15 is 0 Å². The monoisotopic (exact) mass is 451 g/mol. The summed E-state index contributed by atoms with van der Waals surface area (Å²) in [6.45, 7) is 1.92. The third kappa shape index (κ3) is 3.65. The lowest BCUT2D eigenvalue weighted by Crippen LogP contribution is -2.34. The van der Waals surface area contributed by atoms with Crippen molar-refractivity contribution in [2.75, 3.05) is 18.9 Å². The number of H-pyrrole nitrogens is 1. The number of nitrogens with one attached hydrogen (secondary N) is 3. The van der Waals surface area contributed by atoms with Gasteiger partial charge in [0.25, 0.3) is 0 Å². The molecule has 162 valence electrons. The van der Waals surface area contributed by atoms with Crippen molar-refractivity contribution in [1.82, 2.24) is 24.4 Å². The maximum atomic E-state index is 13.4. The van der Waals surface area contributed by atoms with E-state index in [1.807, 2.05) is 6.07 Å². The van der Waals surface area contributed by atoms with Crippen molar-refractivity contribution in [3.05, 3.63) is 80.5 Å². The fourth-order valence-corrected chi connectivity index (χ4v) is 4.14.